The van der Waals surface area contributed by atoms with Crippen molar-refractivity contribution in [2.75, 3.05) is 0 Å². The van der Waals surface area contributed by atoms with E-state index in [0.717, 1.165) is 0 Å². The van der Waals surface area contributed by atoms with E-state index in [1.54, 1.807) is 0 Å². The van der Waals surface area contributed by atoms with Gasteiger partial charge in [0.15, 0.2) is 0 Å². The number of nitrogens with two attached hydrogens (primary N) is 5. The number of rotatable bonds is 9. The maximum absolute atomic E-state index is 9.57. The van der Waals surface area contributed by atoms with Gasteiger partial charge in [-0.1, -0.05) is 0 Å². The summed E-state index contributed by atoms with van der Waals surface area (Å²) in [5, 5.41) is 0. The molecule has 0 bridgehead atoms. The van der Waals surface area contributed by atoms with Gasteiger partial charge in [-0.3, -0.25) is 0 Å². The van der Waals surface area contributed by atoms with Gasteiger partial charge >= 0.3 is 100 Å². The number of hydrogen-bond donors (Lipinski definition) is 8. The summed E-state index contributed by atoms with van der Waals surface area (Å²) in [5.74, 6) is 23.0. The zero-order chi connectivity index (χ0) is 14.4. The van der Waals surface area contributed by atoms with Crippen LogP contribution in [0.15, 0.2) is 0 Å². The zero-order valence-electron chi connectivity index (χ0n) is 8.59. The predicted molar refractivity (Wildman–Crippen MR) is 60.1 cm³/mol. The molecule has 15 nitrogen and oxygen atoms in total. The van der Waals surface area contributed by atoms with Crippen LogP contribution in [0.4, 0.5) is 0 Å². The molecule has 0 heterocycles. The molecule has 0 saturated carbocycles. The Morgan fingerprint density at radius 1 is 0.500 bits per heavy atom. The second-order valence-electron chi connectivity index (χ2n) is 2.36. The van der Waals surface area contributed by atoms with Crippen molar-refractivity contribution in [3.63, 3.8) is 0 Å². The van der Waals surface area contributed by atoms with Gasteiger partial charge < -0.3 is 0 Å². The van der Waals surface area contributed by atoms with E-state index in [-0.39, 0.29) is 0 Å². The minimum atomic E-state index is -5.00. The Kier molecular flexibility index (Phi) is 7.75. The molecule has 0 saturated heterocycles. The molecule has 0 radical (unpaired) electrons. The van der Waals surface area contributed by atoms with Crippen LogP contribution in [0.5, 0.6) is 0 Å². The second-order valence-corrected chi connectivity index (χ2v) is 8.32. The molecule has 0 aromatic heterocycles. The molecule has 0 atom stereocenters. The maximum atomic E-state index is 9.57. The Morgan fingerprint density at radius 3 is 0.889 bits per heavy atom. The average molecular weight is 339 g/mol. The van der Waals surface area contributed by atoms with E-state index in [0.29, 0.717) is 0 Å². The Hall–Kier alpha value is 0.690. The molecule has 0 aliphatic rings. The molecule has 0 amide bonds. The quantitative estimate of drug-likeness (QED) is 0.151. The fourth-order valence-corrected chi connectivity index (χ4v) is 4.96. The van der Waals surface area contributed by atoms with Gasteiger partial charge in [-0.25, -0.2) is 0 Å². The molecule has 0 aliphatic carbocycles. The van der Waals surface area contributed by atoms with Crippen LogP contribution in [-0.4, -0.2) is 14.7 Å². The Morgan fingerprint density at radius 2 is 0.722 bits per heavy atom. The predicted octanol–water partition coefficient (Wildman–Crippen LogP) is -3.32. The third-order valence-corrected chi connectivity index (χ3v) is 6.88. The van der Waals surface area contributed by atoms with E-state index in [2.05, 4.69) is 61.2 Å². The summed E-state index contributed by atoms with van der Waals surface area (Å²) in [4.78, 5) is 28.2. The molecule has 0 aliphatic heterocycles. The first-order valence-electron chi connectivity index (χ1n) is 3.69. The summed E-state index contributed by atoms with van der Waals surface area (Å²) >= 11 is 0. The van der Waals surface area contributed by atoms with E-state index in [9.17, 15) is 14.7 Å². The van der Waals surface area contributed by atoms with Crippen molar-refractivity contribution in [2.45, 2.75) is 0 Å². The fourth-order valence-electron chi connectivity index (χ4n) is 0.547. The first-order chi connectivity index (χ1) is 8.22. The van der Waals surface area contributed by atoms with Crippen LogP contribution in [0.1, 0.15) is 0 Å². The van der Waals surface area contributed by atoms with Crippen LogP contribution < -0.4 is 29.5 Å². The monoisotopic (exact) mass is 339 g/mol. The van der Waals surface area contributed by atoms with E-state index in [1.165, 1.54) is 0 Å². The molecule has 18 heteroatoms. The molecule has 18 heavy (non-hydrogen) atoms. The van der Waals surface area contributed by atoms with Crippen molar-refractivity contribution in [1.82, 2.24) is 0 Å². The fraction of sp³-hybridized carbons (Fsp3) is 0. The normalized spacial score (nSPS) is 16.7. The summed E-state index contributed by atoms with van der Waals surface area (Å²) in [6.45, 7) is 0. The van der Waals surface area contributed by atoms with E-state index < -0.39 is 24.5 Å². The van der Waals surface area contributed by atoms with Gasteiger partial charge in [0.2, 0.25) is 0 Å². The molecule has 0 fully saturated rings. The molecule has 13 N–H and O–H groups in total. The molecule has 0 aromatic carbocycles. The van der Waals surface area contributed by atoms with E-state index in [4.69, 9.17) is 0 Å². The first kappa shape index (κ1) is 18.7. The summed E-state index contributed by atoms with van der Waals surface area (Å²) < 4.78 is 27.9. The Labute approximate surface area is 101 Å². The van der Waals surface area contributed by atoms with Crippen LogP contribution >= 0.6 is 24.5 Å². The zero-order valence-corrected chi connectivity index (χ0v) is 11.6. The first-order valence-corrected chi connectivity index (χ1v) is 8.70. The Bertz CT molecular complexity index is 224. The third-order valence-electron chi connectivity index (χ3n) is 1.26. The van der Waals surface area contributed by atoms with Crippen molar-refractivity contribution in [3.8, 4) is 0 Å². The number of hydrogen-bond acceptors (Lipinski definition) is 15. The molecule has 0 rings (SSSR count). The third kappa shape index (κ3) is 5.36. The van der Waals surface area contributed by atoms with E-state index in [1.807, 2.05) is 0 Å². The van der Waals surface area contributed by atoms with Crippen LogP contribution in [0.2, 0.25) is 0 Å². The average Bonchev–Trinajstić information content (AvgIpc) is 2.38. The van der Waals surface area contributed by atoms with Gasteiger partial charge in [0, 0.05) is 0 Å². The minimum absolute atomic E-state index is 3.84. The van der Waals surface area contributed by atoms with Crippen LogP contribution in [0.3, 0.4) is 0 Å². The summed E-state index contributed by atoms with van der Waals surface area (Å²) in [5.41, 5.74) is 0. The van der Waals surface area contributed by atoms with Crippen molar-refractivity contribution in [3.05, 3.63) is 0 Å². The van der Waals surface area contributed by atoms with Crippen molar-refractivity contribution < 1.29 is 46.4 Å². The van der Waals surface area contributed by atoms with Crippen molar-refractivity contribution in [1.29, 1.82) is 0 Å². The van der Waals surface area contributed by atoms with Crippen LogP contribution in [0.25, 0.3) is 0 Å². The Balaban J connectivity index is 4.91. The van der Waals surface area contributed by atoms with Gasteiger partial charge in [0.25, 0.3) is 0 Å². The summed E-state index contributed by atoms with van der Waals surface area (Å²) in [6, 6.07) is 0. The van der Waals surface area contributed by atoms with Gasteiger partial charge in [0.05, 0.1) is 0 Å². The summed E-state index contributed by atoms with van der Waals surface area (Å²) in [6.07, 6.45) is 0. The standard InChI is InChI=1S/H16N5O10P3/c1-9-16(6,10-2)14-18(8,13-5)15-17(7,11-3)12-4/h6-8,16-18H,1-5H2. The van der Waals surface area contributed by atoms with Crippen LogP contribution in [-0.2, 0) is 31.7 Å². The van der Waals surface area contributed by atoms with Gasteiger partial charge in [-0.05, 0) is 0 Å². The molecular formula is H16N5O10P3. The van der Waals surface area contributed by atoms with Crippen molar-refractivity contribution in [2.24, 2.45) is 29.5 Å². The molecule has 0 unspecified atom stereocenters. The molecule has 0 aromatic rings. The molecule has 0 spiro atoms. The van der Waals surface area contributed by atoms with Crippen LogP contribution in [0, 0.1) is 0 Å². The molecule has 116 valence electrons. The summed E-state index contributed by atoms with van der Waals surface area (Å²) in [7, 11) is -14.4. The van der Waals surface area contributed by atoms with E-state index >= 15 is 0 Å². The van der Waals surface area contributed by atoms with Crippen molar-refractivity contribution >= 4 is 24.5 Å². The molecular weight excluding hydrogens is 323 g/mol. The van der Waals surface area contributed by atoms with Gasteiger partial charge in [-0.2, -0.15) is 0 Å². The topological polar surface area (TPSA) is 255 Å². The van der Waals surface area contributed by atoms with Gasteiger partial charge in [-0.15, -0.1) is 0 Å². The van der Waals surface area contributed by atoms with Gasteiger partial charge in [0.1, 0.15) is 0 Å². The second kappa shape index (κ2) is 7.47. The SMILES string of the molecule is NO[PH](O)(ON)O[PH](O)(ON)O[PH](O)(ON)ON.